The van der Waals surface area contributed by atoms with Gasteiger partial charge in [0.2, 0.25) is 0 Å². The molecular weight excluding hydrogens is 464 g/mol. The Morgan fingerprint density at radius 3 is 2.08 bits per heavy atom. The van der Waals surface area contributed by atoms with E-state index in [4.69, 9.17) is 9.47 Å². The number of ether oxygens (including phenoxy) is 2. The van der Waals surface area contributed by atoms with Crippen molar-refractivity contribution in [3.8, 4) is 22.6 Å². The van der Waals surface area contributed by atoms with Crippen LogP contribution < -0.4 is 9.47 Å². The van der Waals surface area contributed by atoms with E-state index in [1.54, 1.807) is 0 Å². The highest BCUT2D eigenvalue weighted by Gasteiger charge is 2.19. The molecule has 1 fully saturated rings. The average Bonchev–Trinajstić information content (AvgIpc) is 3.29. The molecule has 1 heterocycles. The van der Waals surface area contributed by atoms with Crippen LogP contribution in [0, 0.1) is 19.8 Å². The summed E-state index contributed by atoms with van der Waals surface area (Å²) in [6, 6.07) is 12.5. The summed E-state index contributed by atoms with van der Waals surface area (Å²) >= 11 is 0. The van der Waals surface area contributed by atoms with E-state index in [0.717, 1.165) is 87.6 Å². The predicted molar refractivity (Wildman–Crippen MR) is 152 cm³/mol. The molecule has 0 spiro atoms. The molecule has 0 aliphatic carbocycles. The third kappa shape index (κ3) is 9.29. The van der Waals surface area contributed by atoms with Gasteiger partial charge in [-0.25, -0.2) is 0 Å². The molecule has 6 heteroatoms. The Morgan fingerprint density at radius 2 is 1.54 bits per heavy atom. The average molecular weight is 513 g/mol. The first-order chi connectivity index (χ1) is 17.9. The second-order valence-corrected chi connectivity index (χ2v) is 10.8. The van der Waals surface area contributed by atoms with E-state index in [2.05, 4.69) is 61.8 Å². The van der Waals surface area contributed by atoms with Crippen LogP contribution in [0.2, 0.25) is 0 Å². The summed E-state index contributed by atoms with van der Waals surface area (Å²) in [4.78, 5) is 4.64. The minimum Gasteiger partial charge on any atom is -0.493 e. The second-order valence-electron chi connectivity index (χ2n) is 10.8. The van der Waals surface area contributed by atoms with Crippen molar-refractivity contribution in [1.82, 2.24) is 9.80 Å². The topological polar surface area (TPSA) is 65.4 Å². The van der Waals surface area contributed by atoms with Crippen molar-refractivity contribution in [2.45, 2.75) is 59.5 Å². The van der Waals surface area contributed by atoms with Crippen molar-refractivity contribution >= 4 is 0 Å². The number of hydrogen-bond acceptors (Lipinski definition) is 6. The number of β-amino-alcohol motifs (C(OH)–C–C–N with tert-alkyl or cyclic N) is 1. The summed E-state index contributed by atoms with van der Waals surface area (Å²) in [5.41, 5.74) is 4.63. The van der Waals surface area contributed by atoms with Gasteiger partial charge < -0.3 is 29.5 Å². The summed E-state index contributed by atoms with van der Waals surface area (Å²) in [6.07, 6.45) is 3.74. The van der Waals surface area contributed by atoms with Gasteiger partial charge in [0, 0.05) is 32.7 Å². The lowest BCUT2D eigenvalue weighted by molar-refractivity contribution is 0.173. The summed E-state index contributed by atoms with van der Waals surface area (Å²) < 4.78 is 12.4. The molecule has 2 N–H and O–H groups in total. The molecule has 1 saturated heterocycles. The Balaban J connectivity index is 1.54. The molecule has 2 aromatic carbocycles. The van der Waals surface area contributed by atoms with Crippen molar-refractivity contribution in [2.75, 3.05) is 59.1 Å². The SMILES string of the molecule is Cc1c(OCCCN(CCO)CCC(C)C)cccc1-c1cccc(OCCCN2CC[C@@H](O)C2)c1C. The van der Waals surface area contributed by atoms with Crippen LogP contribution in [-0.2, 0) is 0 Å². The van der Waals surface area contributed by atoms with Crippen LogP contribution in [-0.4, -0.2) is 85.2 Å². The van der Waals surface area contributed by atoms with Crippen molar-refractivity contribution < 1.29 is 19.7 Å². The second kappa shape index (κ2) is 15.3. The first-order valence-electron chi connectivity index (χ1n) is 14.1. The summed E-state index contributed by atoms with van der Waals surface area (Å²) in [7, 11) is 0. The molecule has 2 aromatic rings. The van der Waals surface area contributed by atoms with Gasteiger partial charge in [-0.1, -0.05) is 38.1 Å². The molecule has 206 valence electrons. The first kappa shape index (κ1) is 29.4. The normalized spacial score (nSPS) is 16.2. The highest BCUT2D eigenvalue weighted by atomic mass is 16.5. The molecule has 0 aromatic heterocycles. The van der Waals surface area contributed by atoms with Crippen LogP contribution in [0.4, 0.5) is 0 Å². The van der Waals surface area contributed by atoms with Gasteiger partial charge >= 0.3 is 0 Å². The molecule has 3 rings (SSSR count). The Morgan fingerprint density at radius 1 is 0.919 bits per heavy atom. The monoisotopic (exact) mass is 512 g/mol. The largest absolute Gasteiger partial charge is 0.493 e. The quantitative estimate of drug-likeness (QED) is 0.312. The minimum absolute atomic E-state index is 0.168. The van der Waals surface area contributed by atoms with Crippen LogP contribution in [0.5, 0.6) is 11.5 Å². The molecule has 1 atom stereocenters. The highest BCUT2D eigenvalue weighted by molar-refractivity contribution is 5.74. The zero-order chi connectivity index (χ0) is 26.6. The number of hydrogen-bond donors (Lipinski definition) is 2. The van der Waals surface area contributed by atoms with Crippen molar-refractivity contribution in [3.05, 3.63) is 47.5 Å². The Kier molecular flexibility index (Phi) is 12.2. The molecule has 1 aliphatic heterocycles. The molecular formula is C31H48N2O4. The zero-order valence-electron chi connectivity index (χ0n) is 23.4. The molecule has 37 heavy (non-hydrogen) atoms. The maximum absolute atomic E-state index is 9.70. The number of rotatable bonds is 16. The van der Waals surface area contributed by atoms with E-state index in [1.165, 1.54) is 11.1 Å². The van der Waals surface area contributed by atoms with Gasteiger partial charge in [-0.3, -0.25) is 0 Å². The first-order valence-corrected chi connectivity index (χ1v) is 14.1. The molecule has 1 aliphatic rings. The number of aliphatic hydroxyl groups is 2. The third-order valence-corrected chi connectivity index (χ3v) is 7.30. The van der Waals surface area contributed by atoms with Crippen molar-refractivity contribution in [3.63, 3.8) is 0 Å². The number of aliphatic hydroxyl groups excluding tert-OH is 2. The van der Waals surface area contributed by atoms with Crippen LogP contribution in [0.25, 0.3) is 11.1 Å². The van der Waals surface area contributed by atoms with Gasteiger partial charge in [0.05, 0.1) is 25.9 Å². The summed E-state index contributed by atoms with van der Waals surface area (Å²) in [5.74, 6) is 2.52. The molecule has 0 bridgehead atoms. The number of nitrogens with zero attached hydrogens (tertiary/aromatic N) is 2. The fraction of sp³-hybridized carbons (Fsp3) is 0.613. The molecule has 0 amide bonds. The van der Waals surface area contributed by atoms with Crippen molar-refractivity contribution in [1.29, 1.82) is 0 Å². The van der Waals surface area contributed by atoms with Crippen molar-refractivity contribution in [2.24, 2.45) is 5.92 Å². The predicted octanol–water partition coefficient (Wildman–Crippen LogP) is 4.92. The lowest BCUT2D eigenvalue weighted by Gasteiger charge is -2.22. The number of likely N-dealkylation sites (tertiary alicyclic amines) is 1. The van der Waals surface area contributed by atoms with Crippen LogP contribution in [0.15, 0.2) is 36.4 Å². The molecule has 6 nitrogen and oxygen atoms in total. The number of benzene rings is 2. The third-order valence-electron chi connectivity index (χ3n) is 7.30. The molecule has 0 radical (unpaired) electrons. The van der Waals surface area contributed by atoms with E-state index in [0.29, 0.717) is 19.1 Å². The Hall–Kier alpha value is -2.12. The van der Waals surface area contributed by atoms with E-state index in [-0.39, 0.29) is 12.7 Å². The van der Waals surface area contributed by atoms with Gasteiger partial charge in [-0.15, -0.1) is 0 Å². The lowest BCUT2D eigenvalue weighted by atomic mass is 9.95. The van der Waals surface area contributed by atoms with Crippen LogP contribution >= 0.6 is 0 Å². The minimum atomic E-state index is -0.168. The highest BCUT2D eigenvalue weighted by Crippen LogP contribution is 2.35. The zero-order valence-corrected chi connectivity index (χ0v) is 23.4. The fourth-order valence-electron chi connectivity index (χ4n) is 5.00. The van der Waals surface area contributed by atoms with E-state index < -0.39 is 0 Å². The standard InChI is InChI=1S/C31H48N2O4/c1-24(2)13-17-32(19-20-34)15-7-21-36-30-11-5-9-28(25(30)3)29-10-6-12-31(26(29)4)37-22-8-16-33-18-14-27(35)23-33/h5-6,9-12,24,27,34-35H,7-8,13-23H2,1-4H3/t27-/m1/s1. The van der Waals surface area contributed by atoms with Gasteiger partial charge in [0.1, 0.15) is 11.5 Å². The van der Waals surface area contributed by atoms with Crippen LogP contribution in [0.3, 0.4) is 0 Å². The van der Waals surface area contributed by atoms with Gasteiger partial charge in [0.25, 0.3) is 0 Å². The van der Waals surface area contributed by atoms with Gasteiger partial charge in [-0.05, 0) is 86.4 Å². The van der Waals surface area contributed by atoms with E-state index in [9.17, 15) is 10.2 Å². The molecule has 0 saturated carbocycles. The lowest BCUT2D eigenvalue weighted by Crippen LogP contribution is -2.30. The maximum atomic E-state index is 9.70. The fourth-order valence-corrected chi connectivity index (χ4v) is 5.00. The Labute approximate surface area is 224 Å². The molecule has 0 unspecified atom stereocenters. The van der Waals surface area contributed by atoms with Gasteiger partial charge in [0.15, 0.2) is 0 Å². The smallest absolute Gasteiger partial charge is 0.122 e. The summed E-state index contributed by atoms with van der Waals surface area (Å²) in [5, 5.41) is 19.1. The van der Waals surface area contributed by atoms with Gasteiger partial charge in [-0.2, -0.15) is 0 Å². The van der Waals surface area contributed by atoms with E-state index >= 15 is 0 Å². The maximum Gasteiger partial charge on any atom is 0.122 e. The van der Waals surface area contributed by atoms with E-state index in [1.807, 2.05) is 12.1 Å². The van der Waals surface area contributed by atoms with Crippen LogP contribution in [0.1, 0.15) is 50.7 Å². The Bertz CT molecular complexity index is 949. The summed E-state index contributed by atoms with van der Waals surface area (Å²) in [6.45, 7) is 15.7.